The molecule has 14 heavy (non-hydrogen) atoms. The van der Waals surface area contributed by atoms with E-state index >= 15 is 0 Å². The van der Waals surface area contributed by atoms with Crippen LogP contribution in [-0.4, -0.2) is 48.2 Å². The van der Waals surface area contributed by atoms with Gasteiger partial charge in [-0.2, -0.15) is 4.31 Å². The molecule has 0 aliphatic carbocycles. The lowest BCUT2D eigenvalue weighted by Gasteiger charge is -2.47. The van der Waals surface area contributed by atoms with E-state index in [4.69, 9.17) is 11.6 Å². The van der Waals surface area contributed by atoms with E-state index in [0.717, 1.165) is 0 Å². The molecule has 1 rings (SSSR count). The Balaban J connectivity index is 2.57. The fraction of sp³-hybridized carbons (Fsp3) is 1.00. The van der Waals surface area contributed by atoms with Crippen molar-refractivity contribution >= 4 is 21.6 Å². The standard InChI is InChI=1S/C8H16ClNO3S/c1-7(2)8(11)5-10(6-8)14(12,13)4-3-9/h7,11H,3-6H2,1-2H3. The molecule has 0 bridgehead atoms. The van der Waals surface area contributed by atoms with Gasteiger partial charge in [-0.1, -0.05) is 13.8 Å². The van der Waals surface area contributed by atoms with Crippen molar-refractivity contribution in [3.63, 3.8) is 0 Å². The van der Waals surface area contributed by atoms with Crippen LogP contribution in [0.3, 0.4) is 0 Å². The minimum atomic E-state index is -3.24. The van der Waals surface area contributed by atoms with Gasteiger partial charge in [0, 0.05) is 19.0 Å². The second kappa shape index (κ2) is 3.96. The van der Waals surface area contributed by atoms with Crippen molar-refractivity contribution in [2.75, 3.05) is 24.7 Å². The number of halogens is 1. The summed E-state index contributed by atoms with van der Waals surface area (Å²) >= 11 is 5.38. The molecule has 6 heteroatoms. The van der Waals surface area contributed by atoms with E-state index < -0.39 is 15.6 Å². The van der Waals surface area contributed by atoms with Crippen molar-refractivity contribution in [3.8, 4) is 0 Å². The first kappa shape index (κ1) is 12.2. The number of sulfonamides is 1. The van der Waals surface area contributed by atoms with Crippen molar-refractivity contribution in [2.45, 2.75) is 19.4 Å². The van der Waals surface area contributed by atoms with E-state index in [1.165, 1.54) is 4.31 Å². The molecule has 1 aliphatic heterocycles. The summed E-state index contributed by atoms with van der Waals surface area (Å²) in [5.74, 6) is 0.117. The average molecular weight is 242 g/mol. The Labute approximate surface area is 89.9 Å². The lowest BCUT2D eigenvalue weighted by atomic mass is 9.85. The monoisotopic (exact) mass is 241 g/mol. The van der Waals surface area contributed by atoms with Crippen molar-refractivity contribution in [1.82, 2.24) is 4.31 Å². The van der Waals surface area contributed by atoms with Gasteiger partial charge in [0.1, 0.15) is 0 Å². The van der Waals surface area contributed by atoms with Crippen LogP contribution in [0.15, 0.2) is 0 Å². The Morgan fingerprint density at radius 2 is 2.00 bits per heavy atom. The molecule has 0 aromatic heterocycles. The fourth-order valence-electron chi connectivity index (χ4n) is 1.35. The molecule has 1 saturated heterocycles. The minimum absolute atomic E-state index is 0.0528. The van der Waals surface area contributed by atoms with Crippen LogP contribution in [0, 0.1) is 5.92 Å². The molecule has 4 nitrogen and oxygen atoms in total. The summed E-state index contributed by atoms with van der Waals surface area (Å²) in [4.78, 5) is 0. The summed E-state index contributed by atoms with van der Waals surface area (Å²) in [6.45, 7) is 4.16. The molecule has 1 N–H and O–H groups in total. The maximum atomic E-state index is 11.5. The van der Waals surface area contributed by atoms with Gasteiger partial charge in [-0.15, -0.1) is 11.6 Å². The van der Waals surface area contributed by atoms with Gasteiger partial charge < -0.3 is 5.11 Å². The molecular weight excluding hydrogens is 226 g/mol. The summed E-state index contributed by atoms with van der Waals surface area (Å²) in [5.41, 5.74) is -0.848. The summed E-state index contributed by atoms with van der Waals surface area (Å²) < 4.78 is 24.2. The molecule has 1 aliphatic rings. The molecule has 0 amide bonds. The van der Waals surface area contributed by atoms with Crippen molar-refractivity contribution in [3.05, 3.63) is 0 Å². The van der Waals surface area contributed by atoms with Crippen LogP contribution < -0.4 is 0 Å². The molecule has 1 fully saturated rings. The summed E-state index contributed by atoms with van der Waals surface area (Å²) in [7, 11) is -3.24. The Kier molecular flexibility index (Phi) is 3.46. The van der Waals surface area contributed by atoms with Crippen LogP contribution in [0.25, 0.3) is 0 Å². The molecule has 0 aromatic rings. The quantitative estimate of drug-likeness (QED) is 0.719. The number of rotatable bonds is 4. The highest BCUT2D eigenvalue weighted by Gasteiger charge is 2.48. The van der Waals surface area contributed by atoms with E-state index in [2.05, 4.69) is 0 Å². The van der Waals surface area contributed by atoms with Crippen LogP contribution in [0.2, 0.25) is 0 Å². The van der Waals surface area contributed by atoms with Gasteiger partial charge in [0.05, 0.1) is 11.4 Å². The number of aliphatic hydroxyl groups is 1. The maximum absolute atomic E-state index is 11.5. The van der Waals surface area contributed by atoms with Gasteiger partial charge in [-0.25, -0.2) is 8.42 Å². The first-order valence-corrected chi connectivity index (χ1v) is 6.72. The predicted molar refractivity (Wildman–Crippen MR) is 55.9 cm³/mol. The zero-order chi connectivity index (χ0) is 11.0. The molecular formula is C8H16ClNO3S. The number of hydrogen-bond acceptors (Lipinski definition) is 3. The molecule has 0 atom stereocenters. The van der Waals surface area contributed by atoms with Crippen LogP contribution in [0.1, 0.15) is 13.8 Å². The van der Waals surface area contributed by atoms with Gasteiger partial charge >= 0.3 is 0 Å². The molecule has 0 saturated carbocycles. The van der Waals surface area contributed by atoms with Crippen molar-refractivity contribution < 1.29 is 13.5 Å². The lowest BCUT2D eigenvalue weighted by molar-refractivity contribution is -0.0931. The first-order valence-electron chi connectivity index (χ1n) is 4.58. The molecule has 0 spiro atoms. The second-order valence-corrected chi connectivity index (χ2v) is 6.50. The normalized spacial score (nSPS) is 22.4. The van der Waals surface area contributed by atoms with Crippen LogP contribution in [0.4, 0.5) is 0 Å². The van der Waals surface area contributed by atoms with Gasteiger partial charge in [0.15, 0.2) is 0 Å². The Bertz CT molecular complexity index is 296. The smallest absolute Gasteiger partial charge is 0.215 e. The molecule has 0 unspecified atom stereocenters. The Morgan fingerprint density at radius 1 is 1.50 bits per heavy atom. The van der Waals surface area contributed by atoms with Crippen LogP contribution in [-0.2, 0) is 10.0 Å². The zero-order valence-corrected chi connectivity index (χ0v) is 9.98. The Hall–Kier alpha value is 0.160. The van der Waals surface area contributed by atoms with Gasteiger partial charge in [-0.05, 0) is 5.92 Å². The number of hydrogen-bond donors (Lipinski definition) is 1. The SMILES string of the molecule is CC(C)C1(O)CN(S(=O)(=O)CCCl)C1. The number of nitrogens with zero attached hydrogens (tertiary/aromatic N) is 1. The van der Waals surface area contributed by atoms with Crippen LogP contribution >= 0.6 is 11.6 Å². The Morgan fingerprint density at radius 3 is 2.36 bits per heavy atom. The highest BCUT2D eigenvalue weighted by molar-refractivity contribution is 7.89. The van der Waals surface area contributed by atoms with Gasteiger partial charge in [0.25, 0.3) is 0 Å². The van der Waals surface area contributed by atoms with Crippen molar-refractivity contribution in [2.24, 2.45) is 5.92 Å². The predicted octanol–water partition coefficient (Wildman–Crippen LogP) is 0.258. The second-order valence-electron chi connectivity index (χ2n) is 4.03. The largest absolute Gasteiger partial charge is 0.387 e. The summed E-state index contributed by atoms with van der Waals surface area (Å²) in [6.07, 6.45) is 0. The topological polar surface area (TPSA) is 57.6 Å². The van der Waals surface area contributed by atoms with E-state index in [1.54, 1.807) is 0 Å². The number of alkyl halides is 1. The third-order valence-electron chi connectivity index (χ3n) is 2.70. The molecule has 84 valence electrons. The third kappa shape index (κ3) is 2.21. The fourth-order valence-corrected chi connectivity index (χ4v) is 3.23. The highest BCUT2D eigenvalue weighted by atomic mass is 35.5. The van der Waals surface area contributed by atoms with E-state index in [1.807, 2.05) is 13.8 Å². The summed E-state index contributed by atoms with van der Waals surface area (Å²) in [5, 5.41) is 9.85. The molecule has 0 aromatic carbocycles. The summed E-state index contributed by atoms with van der Waals surface area (Å²) in [6, 6.07) is 0. The van der Waals surface area contributed by atoms with Crippen LogP contribution in [0.5, 0.6) is 0 Å². The molecule has 0 radical (unpaired) electrons. The van der Waals surface area contributed by atoms with Crippen molar-refractivity contribution in [1.29, 1.82) is 0 Å². The minimum Gasteiger partial charge on any atom is -0.387 e. The maximum Gasteiger partial charge on any atom is 0.215 e. The first-order chi connectivity index (χ1) is 6.32. The zero-order valence-electron chi connectivity index (χ0n) is 8.40. The third-order valence-corrected chi connectivity index (χ3v) is 4.88. The molecule has 1 heterocycles. The lowest BCUT2D eigenvalue weighted by Crippen LogP contribution is -2.66. The highest BCUT2D eigenvalue weighted by Crippen LogP contribution is 2.30. The van der Waals surface area contributed by atoms with Gasteiger partial charge in [-0.3, -0.25) is 0 Å². The van der Waals surface area contributed by atoms with E-state index in [-0.39, 0.29) is 30.6 Å². The average Bonchev–Trinajstić information content (AvgIpc) is 1.97. The number of β-amino-alcohol motifs (C(OH)–C–C–N with tert-alkyl or cyclic N) is 1. The van der Waals surface area contributed by atoms with E-state index in [9.17, 15) is 13.5 Å². The van der Waals surface area contributed by atoms with E-state index in [0.29, 0.717) is 0 Å². The van der Waals surface area contributed by atoms with Gasteiger partial charge in [0.2, 0.25) is 10.0 Å².